The average Bonchev–Trinajstić information content (AvgIpc) is 3.09. The van der Waals surface area contributed by atoms with Crippen LogP contribution in [0.25, 0.3) is 0 Å². The van der Waals surface area contributed by atoms with Crippen molar-refractivity contribution in [2.24, 2.45) is 11.8 Å². The number of carbonyl (C=O) groups excluding carboxylic acids is 1. The summed E-state index contributed by atoms with van der Waals surface area (Å²) in [5.74, 6) is 1.21. The third-order valence-electron chi connectivity index (χ3n) is 5.04. The molecule has 2 saturated heterocycles. The highest BCUT2D eigenvalue weighted by molar-refractivity contribution is 5.76. The summed E-state index contributed by atoms with van der Waals surface area (Å²) in [5.41, 5.74) is 1.16. The van der Waals surface area contributed by atoms with Gasteiger partial charge in [-0.2, -0.15) is 5.10 Å². The molecule has 3 heterocycles. The van der Waals surface area contributed by atoms with Gasteiger partial charge < -0.3 is 14.8 Å². The molecule has 3 rings (SSSR count). The molecule has 2 atom stereocenters. The maximum atomic E-state index is 12.3. The van der Waals surface area contributed by atoms with Crippen molar-refractivity contribution >= 4 is 5.91 Å². The molecule has 0 unspecified atom stereocenters. The summed E-state index contributed by atoms with van der Waals surface area (Å²) in [5, 5.41) is 9.99. The van der Waals surface area contributed by atoms with E-state index in [0.717, 1.165) is 64.1 Å². The molecule has 128 valence electrons. The zero-order valence-electron chi connectivity index (χ0n) is 13.6. The first kappa shape index (κ1) is 16.5. The van der Waals surface area contributed by atoms with E-state index in [9.17, 15) is 4.79 Å². The summed E-state index contributed by atoms with van der Waals surface area (Å²) in [7, 11) is 0. The molecule has 1 aromatic heterocycles. The molecule has 2 N–H and O–H groups in total. The summed E-state index contributed by atoms with van der Waals surface area (Å²) >= 11 is 0. The number of rotatable bonds is 6. The second kappa shape index (κ2) is 8.45. The van der Waals surface area contributed by atoms with E-state index in [0.29, 0.717) is 18.3 Å². The first-order valence-electron chi connectivity index (χ1n) is 8.75. The first-order valence-corrected chi connectivity index (χ1v) is 8.75. The second-order valence-electron chi connectivity index (χ2n) is 6.61. The van der Waals surface area contributed by atoms with E-state index in [1.54, 1.807) is 0 Å². The van der Waals surface area contributed by atoms with Gasteiger partial charge >= 0.3 is 0 Å². The maximum Gasteiger partial charge on any atom is 0.220 e. The predicted molar refractivity (Wildman–Crippen MR) is 85.9 cm³/mol. The molecule has 2 aliphatic rings. The predicted octanol–water partition coefficient (Wildman–Crippen LogP) is 1.68. The Morgan fingerprint density at radius 1 is 1.26 bits per heavy atom. The van der Waals surface area contributed by atoms with Crippen molar-refractivity contribution in [3.05, 3.63) is 18.0 Å². The molecule has 0 radical (unpaired) electrons. The molecule has 0 spiro atoms. The second-order valence-corrected chi connectivity index (χ2v) is 6.61. The van der Waals surface area contributed by atoms with Gasteiger partial charge in [-0.25, -0.2) is 0 Å². The van der Waals surface area contributed by atoms with E-state index >= 15 is 0 Å². The highest BCUT2D eigenvalue weighted by atomic mass is 16.5. The van der Waals surface area contributed by atoms with Crippen LogP contribution in [0.5, 0.6) is 0 Å². The van der Waals surface area contributed by atoms with Crippen LogP contribution in [0.3, 0.4) is 0 Å². The van der Waals surface area contributed by atoms with Crippen LogP contribution in [0.15, 0.2) is 12.4 Å². The molecule has 0 saturated carbocycles. The van der Waals surface area contributed by atoms with Gasteiger partial charge in [-0.3, -0.25) is 9.89 Å². The Hall–Kier alpha value is -1.40. The standard InChI is InChI=1S/C17H27N3O3/c21-17(3-1-2-13-10-18-19-11-13)20-16-6-9-23-12-15(16)14-4-7-22-8-5-14/h10-11,14-16H,1-9,12H2,(H,18,19)(H,20,21)/t15-,16-/m1/s1. The number of ether oxygens (including phenoxy) is 2. The van der Waals surface area contributed by atoms with Crippen molar-refractivity contribution < 1.29 is 14.3 Å². The Labute approximate surface area is 137 Å². The molecule has 0 aromatic carbocycles. The van der Waals surface area contributed by atoms with Crippen LogP contribution < -0.4 is 5.32 Å². The van der Waals surface area contributed by atoms with E-state index in [-0.39, 0.29) is 11.9 Å². The molecule has 6 nitrogen and oxygen atoms in total. The number of hydrogen-bond donors (Lipinski definition) is 2. The minimum absolute atomic E-state index is 0.164. The van der Waals surface area contributed by atoms with E-state index in [2.05, 4.69) is 15.5 Å². The minimum atomic E-state index is 0.164. The molecular formula is C17H27N3O3. The van der Waals surface area contributed by atoms with Crippen molar-refractivity contribution in [2.45, 2.75) is 44.6 Å². The SMILES string of the molecule is O=C(CCCc1cn[nH]c1)N[C@@H]1CCOC[C@@H]1C1CCOCC1. The molecule has 23 heavy (non-hydrogen) atoms. The highest BCUT2D eigenvalue weighted by Crippen LogP contribution is 2.30. The van der Waals surface area contributed by atoms with Crippen molar-refractivity contribution in [3.63, 3.8) is 0 Å². The van der Waals surface area contributed by atoms with Crippen LogP contribution in [0, 0.1) is 11.8 Å². The van der Waals surface area contributed by atoms with Gasteiger partial charge in [0.2, 0.25) is 5.91 Å². The Morgan fingerprint density at radius 2 is 2.09 bits per heavy atom. The zero-order chi connectivity index (χ0) is 15.9. The van der Waals surface area contributed by atoms with E-state index in [1.165, 1.54) is 0 Å². The number of H-pyrrole nitrogens is 1. The summed E-state index contributed by atoms with van der Waals surface area (Å²) in [6, 6.07) is 0.258. The van der Waals surface area contributed by atoms with Crippen LogP contribution in [-0.4, -0.2) is 48.6 Å². The van der Waals surface area contributed by atoms with Gasteiger partial charge in [0.1, 0.15) is 0 Å². The van der Waals surface area contributed by atoms with E-state index < -0.39 is 0 Å². The van der Waals surface area contributed by atoms with Crippen LogP contribution in [-0.2, 0) is 20.7 Å². The molecule has 0 aliphatic carbocycles. The number of aromatic amines is 1. The van der Waals surface area contributed by atoms with Gasteiger partial charge in [0.05, 0.1) is 12.8 Å². The number of nitrogens with one attached hydrogen (secondary N) is 2. The Bertz CT molecular complexity index is 471. The zero-order valence-corrected chi connectivity index (χ0v) is 13.6. The summed E-state index contributed by atoms with van der Waals surface area (Å²) in [6.45, 7) is 3.20. The average molecular weight is 321 g/mol. The molecule has 6 heteroatoms. The number of aryl methyl sites for hydroxylation is 1. The van der Waals surface area contributed by atoms with Crippen molar-refractivity contribution in [3.8, 4) is 0 Å². The number of carbonyl (C=O) groups is 1. The van der Waals surface area contributed by atoms with Gasteiger partial charge in [0.15, 0.2) is 0 Å². The third kappa shape index (κ3) is 4.78. The van der Waals surface area contributed by atoms with Crippen molar-refractivity contribution in [1.82, 2.24) is 15.5 Å². The number of nitrogens with zero attached hydrogens (tertiary/aromatic N) is 1. The quantitative estimate of drug-likeness (QED) is 0.836. The highest BCUT2D eigenvalue weighted by Gasteiger charge is 2.34. The lowest BCUT2D eigenvalue weighted by molar-refractivity contribution is -0.124. The molecule has 2 aliphatic heterocycles. The van der Waals surface area contributed by atoms with Crippen molar-refractivity contribution in [2.75, 3.05) is 26.4 Å². The lowest BCUT2D eigenvalue weighted by atomic mass is 9.79. The molecular weight excluding hydrogens is 294 g/mol. The fourth-order valence-corrected chi connectivity index (χ4v) is 3.69. The maximum absolute atomic E-state index is 12.3. The number of amides is 1. The fourth-order valence-electron chi connectivity index (χ4n) is 3.69. The van der Waals surface area contributed by atoms with Crippen molar-refractivity contribution in [1.29, 1.82) is 0 Å². The third-order valence-corrected chi connectivity index (χ3v) is 5.04. The van der Waals surface area contributed by atoms with Crippen LogP contribution >= 0.6 is 0 Å². The van der Waals surface area contributed by atoms with Gasteiger partial charge in [0.25, 0.3) is 0 Å². The molecule has 1 amide bonds. The summed E-state index contributed by atoms with van der Waals surface area (Å²) < 4.78 is 11.1. The largest absolute Gasteiger partial charge is 0.381 e. The number of aromatic nitrogens is 2. The van der Waals surface area contributed by atoms with E-state index in [4.69, 9.17) is 9.47 Å². The van der Waals surface area contributed by atoms with Crippen LogP contribution in [0.4, 0.5) is 0 Å². The lowest BCUT2D eigenvalue weighted by Crippen LogP contribution is -2.49. The van der Waals surface area contributed by atoms with Gasteiger partial charge in [0, 0.05) is 44.4 Å². The molecule has 2 fully saturated rings. The first-order chi connectivity index (χ1) is 11.3. The summed E-state index contributed by atoms with van der Waals surface area (Å²) in [6.07, 6.45) is 9.12. The normalized spacial score (nSPS) is 26.1. The monoisotopic (exact) mass is 321 g/mol. The lowest BCUT2D eigenvalue weighted by Gasteiger charge is -2.39. The van der Waals surface area contributed by atoms with Crippen LogP contribution in [0.2, 0.25) is 0 Å². The number of hydrogen-bond acceptors (Lipinski definition) is 4. The topological polar surface area (TPSA) is 76.2 Å². The molecule has 1 aromatic rings. The molecule has 0 bridgehead atoms. The Kier molecular flexibility index (Phi) is 6.05. The van der Waals surface area contributed by atoms with Gasteiger partial charge in [-0.05, 0) is 43.6 Å². The van der Waals surface area contributed by atoms with Gasteiger partial charge in [-0.15, -0.1) is 0 Å². The smallest absolute Gasteiger partial charge is 0.220 e. The Morgan fingerprint density at radius 3 is 2.87 bits per heavy atom. The van der Waals surface area contributed by atoms with Gasteiger partial charge in [-0.1, -0.05) is 0 Å². The van der Waals surface area contributed by atoms with Crippen LogP contribution in [0.1, 0.15) is 37.7 Å². The summed E-state index contributed by atoms with van der Waals surface area (Å²) in [4.78, 5) is 12.3. The fraction of sp³-hybridized carbons (Fsp3) is 0.765. The Balaban J connectivity index is 1.45. The minimum Gasteiger partial charge on any atom is -0.381 e. The van der Waals surface area contributed by atoms with E-state index in [1.807, 2.05) is 12.4 Å².